The highest BCUT2D eigenvalue weighted by molar-refractivity contribution is 5.85. The summed E-state index contributed by atoms with van der Waals surface area (Å²) in [5.41, 5.74) is -2.28. The van der Waals surface area contributed by atoms with Crippen LogP contribution in [0.25, 0.3) is 0 Å². The minimum Gasteiger partial charge on any atom is -0.383 e. The van der Waals surface area contributed by atoms with Crippen LogP contribution in [0.5, 0.6) is 0 Å². The van der Waals surface area contributed by atoms with Gasteiger partial charge in [-0.15, -0.1) is 0 Å². The van der Waals surface area contributed by atoms with E-state index >= 15 is 0 Å². The summed E-state index contributed by atoms with van der Waals surface area (Å²) in [7, 11) is 0. The summed E-state index contributed by atoms with van der Waals surface area (Å²) in [4.78, 5) is 14.0. The Morgan fingerprint density at radius 1 is 1.00 bits per heavy atom. The topological polar surface area (TPSA) is 52.6 Å². The standard InChI is InChI=1S/C18H27F5N2O2/c19-17(20,16(27)6-2-1-3-7-16)15(26)24-13-10-14(11-13)25-8-4-12(5-9-25)18(21,22)23/h12-14,27H,1-11H2,(H,24,26). The summed E-state index contributed by atoms with van der Waals surface area (Å²) < 4.78 is 67.0. The van der Waals surface area contributed by atoms with E-state index in [-0.39, 0.29) is 31.7 Å². The molecule has 3 rings (SSSR count). The van der Waals surface area contributed by atoms with Crippen molar-refractivity contribution in [3.63, 3.8) is 0 Å². The molecule has 2 saturated carbocycles. The highest BCUT2D eigenvalue weighted by Crippen LogP contribution is 2.41. The maximum absolute atomic E-state index is 14.4. The van der Waals surface area contributed by atoms with E-state index in [1.165, 1.54) is 0 Å². The molecular formula is C18H27F5N2O2. The number of halogens is 5. The molecule has 0 radical (unpaired) electrons. The highest BCUT2D eigenvalue weighted by Gasteiger charge is 2.58. The van der Waals surface area contributed by atoms with Crippen LogP contribution in [-0.4, -0.2) is 58.8 Å². The van der Waals surface area contributed by atoms with Gasteiger partial charge in [-0.25, -0.2) is 0 Å². The van der Waals surface area contributed by atoms with Crippen molar-refractivity contribution in [2.24, 2.45) is 5.92 Å². The number of nitrogens with zero attached hydrogens (tertiary/aromatic N) is 1. The molecule has 1 amide bonds. The van der Waals surface area contributed by atoms with Crippen LogP contribution in [0.3, 0.4) is 0 Å². The first kappa shape index (κ1) is 20.8. The molecule has 1 heterocycles. The second-order valence-electron chi connectivity index (χ2n) is 8.31. The van der Waals surface area contributed by atoms with E-state index in [9.17, 15) is 31.9 Å². The third-order valence-corrected chi connectivity index (χ3v) is 6.51. The number of hydrogen-bond donors (Lipinski definition) is 2. The summed E-state index contributed by atoms with van der Waals surface area (Å²) in [6, 6.07) is -0.392. The summed E-state index contributed by atoms with van der Waals surface area (Å²) in [5, 5.41) is 12.5. The largest absolute Gasteiger partial charge is 0.391 e. The van der Waals surface area contributed by atoms with Crippen molar-refractivity contribution >= 4 is 5.91 Å². The molecule has 3 fully saturated rings. The lowest BCUT2D eigenvalue weighted by atomic mass is 9.79. The van der Waals surface area contributed by atoms with Crippen LogP contribution in [-0.2, 0) is 4.79 Å². The Balaban J connectivity index is 1.44. The lowest BCUT2D eigenvalue weighted by molar-refractivity contribution is -0.202. The van der Waals surface area contributed by atoms with Gasteiger partial charge in [0, 0.05) is 12.1 Å². The van der Waals surface area contributed by atoms with Gasteiger partial charge in [-0.05, 0) is 51.6 Å². The van der Waals surface area contributed by atoms with Crippen molar-refractivity contribution in [3.05, 3.63) is 0 Å². The van der Waals surface area contributed by atoms with E-state index in [1.807, 2.05) is 4.90 Å². The van der Waals surface area contributed by atoms with Crippen LogP contribution >= 0.6 is 0 Å². The van der Waals surface area contributed by atoms with Crippen molar-refractivity contribution in [2.45, 2.75) is 87.6 Å². The number of likely N-dealkylation sites (tertiary alicyclic amines) is 1. The average molecular weight is 398 g/mol. The molecule has 4 nitrogen and oxygen atoms in total. The number of amides is 1. The molecule has 1 aliphatic heterocycles. The minimum atomic E-state index is -4.16. The number of carbonyl (C=O) groups excluding carboxylic acids is 1. The first-order valence-electron chi connectivity index (χ1n) is 9.75. The molecule has 0 aromatic carbocycles. The Hall–Kier alpha value is -0.960. The quantitative estimate of drug-likeness (QED) is 0.715. The van der Waals surface area contributed by atoms with Crippen LogP contribution in [0, 0.1) is 5.92 Å². The minimum absolute atomic E-state index is 0.0240. The lowest BCUT2D eigenvalue weighted by Gasteiger charge is -2.46. The van der Waals surface area contributed by atoms with Gasteiger partial charge in [0.1, 0.15) is 5.60 Å². The van der Waals surface area contributed by atoms with Gasteiger partial charge in [0.05, 0.1) is 5.92 Å². The molecule has 156 valence electrons. The zero-order valence-electron chi connectivity index (χ0n) is 15.2. The van der Waals surface area contributed by atoms with E-state index < -0.39 is 35.6 Å². The van der Waals surface area contributed by atoms with Crippen LogP contribution < -0.4 is 5.32 Å². The second-order valence-corrected chi connectivity index (χ2v) is 8.31. The molecule has 1 saturated heterocycles. The third-order valence-electron chi connectivity index (χ3n) is 6.51. The summed E-state index contributed by atoms with van der Waals surface area (Å²) >= 11 is 0. The first-order valence-corrected chi connectivity index (χ1v) is 9.75. The van der Waals surface area contributed by atoms with Gasteiger partial charge >= 0.3 is 12.1 Å². The molecule has 2 aliphatic carbocycles. The molecular weight excluding hydrogens is 371 g/mol. The number of aliphatic hydroxyl groups is 1. The fraction of sp³-hybridized carbons (Fsp3) is 0.944. The van der Waals surface area contributed by atoms with Crippen LogP contribution in [0.4, 0.5) is 22.0 Å². The molecule has 0 spiro atoms. The van der Waals surface area contributed by atoms with Crippen molar-refractivity contribution in [3.8, 4) is 0 Å². The zero-order chi connectivity index (χ0) is 19.9. The molecule has 27 heavy (non-hydrogen) atoms. The molecule has 0 aromatic rings. The normalized spacial score (nSPS) is 30.6. The van der Waals surface area contributed by atoms with Gasteiger partial charge in [0.15, 0.2) is 0 Å². The number of piperidine rings is 1. The van der Waals surface area contributed by atoms with E-state index in [2.05, 4.69) is 5.32 Å². The van der Waals surface area contributed by atoms with Crippen LogP contribution in [0.2, 0.25) is 0 Å². The van der Waals surface area contributed by atoms with Crippen molar-refractivity contribution in [2.75, 3.05) is 13.1 Å². The van der Waals surface area contributed by atoms with Gasteiger partial charge in [0.25, 0.3) is 5.91 Å². The fourth-order valence-electron chi connectivity index (χ4n) is 4.53. The maximum atomic E-state index is 14.4. The van der Waals surface area contributed by atoms with Gasteiger partial charge in [-0.2, -0.15) is 22.0 Å². The Labute approximate surface area is 155 Å². The van der Waals surface area contributed by atoms with Crippen molar-refractivity contribution in [1.29, 1.82) is 0 Å². The van der Waals surface area contributed by atoms with Gasteiger partial charge in [-0.1, -0.05) is 19.3 Å². The monoisotopic (exact) mass is 398 g/mol. The van der Waals surface area contributed by atoms with Crippen molar-refractivity contribution < 1.29 is 31.9 Å². The Bertz CT molecular complexity index is 534. The Morgan fingerprint density at radius 2 is 1.56 bits per heavy atom. The molecule has 2 N–H and O–H groups in total. The van der Waals surface area contributed by atoms with Crippen LogP contribution in [0.1, 0.15) is 57.8 Å². The Kier molecular flexibility index (Phi) is 5.74. The SMILES string of the molecule is O=C(NC1CC(N2CCC(C(F)(F)F)CC2)C1)C(F)(F)C1(O)CCCCC1. The van der Waals surface area contributed by atoms with Gasteiger partial charge < -0.3 is 15.3 Å². The summed E-state index contributed by atoms with van der Waals surface area (Å²) in [5.74, 6) is -6.53. The highest BCUT2D eigenvalue weighted by atomic mass is 19.4. The number of hydrogen-bond acceptors (Lipinski definition) is 3. The predicted octanol–water partition coefficient (Wildman–Crippen LogP) is 3.24. The van der Waals surface area contributed by atoms with Gasteiger partial charge in [-0.3, -0.25) is 4.79 Å². The number of nitrogens with one attached hydrogen (secondary N) is 1. The van der Waals surface area contributed by atoms with Crippen LogP contribution in [0.15, 0.2) is 0 Å². The van der Waals surface area contributed by atoms with E-state index in [0.717, 1.165) is 6.42 Å². The smallest absolute Gasteiger partial charge is 0.383 e. The first-order chi connectivity index (χ1) is 12.5. The molecule has 0 atom stereocenters. The van der Waals surface area contributed by atoms with E-state index in [1.54, 1.807) is 0 Å². The maximum Gasteiger partial charge on any atom is 0.391 e. The summed E-state index contributed by atoms with van der Waals surface area (Å²) in [6.45, 7) is 0.677. The molecule has 0 unspecified atom stereocenters. The molecule has 0 bridgehead atoms. The Morgan fingerprint density at radius 3 is 2.07 bits per heavy atom. The third kappa shape index (κ3) is 4.23. The molecule has 0 aromatic heterocycles. The van der Waals surface area contributed by atoms with E-state index in [0.29, 0.717) is 38.8 Å². The number of rotatable bonds is 4. The number of carbonyl (C=O) groups is 1. The number of alkyl halides is 5. The molecule has 9 heteroatoms. The van der Waals surface area contributed by atoms with E-state index in [4.69, 9.17) is 0 Å². The second kappa shape index (κ2) is 7.46. The summed E-state index contributed by atoms with van der Waals surface area (Å²) in [6.07, 6.45) is -1.60. The lowest BCUT2D eigenvalue weighted by Crippen LogP contribution is -2.62. The van der Waals surface area contributed by atoms with Gasteiger partial charge in [0.2, 0.25) is 0 Å². The molecule has 3 aliphatic rings. The zero-order valence-corrected chi connectivity index (χ0v) is 15.2. The average Bonchev–Trinajstić information content (AvgIpc) is 2.57. The van der Waals surface area contributed by atoms with Crippen molar-refractivity contribution in [1.82, 2.24) is 10.2 Å². The predicted molar refractivity (Wildman–Crippen MR) is 88.3 cm³/mol. The fourth-order valence-corrected chi connectivity index (χ4v) is 4.53.